The normalized spacial score (nSPS) is 23.6. The van der Waals surface area contributed by atoms with Gasteiger partial charge in [-0.15, -0.1) is 0 Å². The molecule has 1 fully saturated rings. The van der Waals surface area contributed by atoms with E-state index in [9.17, 15) is 26.3 Å². The number of hydrogen-bond acceptors (Lipinski definition) is 7. The lowest BCUT2D eigenvalue weighted by molar-refractivity contribution is -0.106. The standard InChI is InChI=1S/C38H49F6N5OS/c1-6-33(30-19-29(37(39,40)41)20-31(25(30)3)38(42,43)44)49(35-45-23-36(4,24-46-35)50-16-17-51-5)22-28-18-27-14-10-11-15-32(27)47-34(28)48(7-2)21-26-12-8-9-13-26/h10-11,14-15,18-20,23,25-26,30,33H,6-9,12-13,16-17,21-22,24H2,1-5H3. The molecule has 2 aliphatic carbocycles. The number of benzene rings is 1. The van der Waals surface area contributed by atoms with Crippen molar-refractivity contribution >= 4 is 40.7 Å². The lowest BCUT2D eigenvalue weighted by Crippen LogP contribution is -2.49. The van der Waals surface area contributed by atoms with Crippen LogP contribution < -0.4 is 4.90 Å². The number of guanidine groups is 1. The summed E-state index contributed by atoms with van der Waals surface area (Å²) in [6, 6.07) is 8.98. The molecule has 0 bridgehead atoms. The number of allylic oxidation sites excluding steroid dienone is 3. The molecule has 1 aliphatic heterocycles. The maximum atomic E-state index is 14.4. The maximum Gasteiger partial charge on any atom is 0.416 e. The third-order valence-corrected chi connectivity index (χ3v) is 11.0. The number of para-hydroxylation sites is 1. The Bertz CT molecular complexity index is 1630. The number of anilines is 1. The molecule has 4 unspecified atom stereocenters. The van der Waals surface area contributed by atoms with Gasteiger partial charge in [0.2, 0.25) is 5.96 Å². The van der Waals surface area contributed by atoms with Crippen LogP contribution in [0.15, 0.2) is 63.6 Å². The van der Waals surface area contributed by atoms with Gasteiger partial charge < -0.3 is 14.5 Å². The second kappa shape index (κ2) is 16.3. The molecule has 0 radical (unpaired) electrons. The summed E-state index contributed by atoms with van der Waals surface area (Å²) in [5.74, 6) is -0.0894. The molecule has 1 aromatic carbocycles. The number of aromatic nitrogens is 1. The molecule has 4 atom stereocenters. The zero-order chi connectivity index (χ0) is 37.0. The van der Waals surface area contributed by atoms with E-state index in [1.165, 1.54) is 19.8 Å². The van der Waals surface area contributed by atoms with Gasteiger partial charge in [-0.2, -0.15) is 38.1 Å². The first-order chi connectivity index (χ1) is 24.2. The molecule has 13 heteroatoms. The van der Waals surface area contributed by atoms with Crippen molar-refractivity contribution in [1.29, 1.82) is 0 Å². The molecule has 6 nitrogen and oxygen atoms in total. The highest BCUT2D eigenvalue weighted by Gasteiger charge is 2.48. The van der Waals surface area contributed by atoms with Crippen molar-refractivity contribution in [2.24, 2.45) is 27.7 Å². The highest BCUT2D eigenvalue weighted by molar-refractivity contribution is 7.98. The van der Waals surface area contributed by atoms with Crippen LogP contribution in [-0.4, -0.2) is 84.3 Å². The van der Waals surface area contributed by atoms with Crippen LogP contribution in [0.4, 0.5) is 32.2 Å². The summed E-state index contributed by atoms with van der Waals surface area (Å²) < 4.78 is 91.8. The Labute approximate surface area is 301 Å². The number of nitrogens with zero attached hydrogens (tertiary/aromatic N) is 5. The maximum absolute atomic E-state index is 14.4. The highest BCUT2D eigenvalue weighted by Crippen LogP contribution is 2.46. The lowest BCUT2D eigenvalue weighted by atomic mass is 9.75. The minimum Gasteiger partial charge on any atom is -0.367 e. The van der Waals surface area contributed by atoms with Gasteiger partial charge in [0.15, 0.2) is 0 Å². The Kier molecular flexibility index (Phi) is 12.5. The predicted octanol–water partition coefficient (Wildman–Crippen LogP) is 9.65. The van der Waals surface area contributed by atoms with E-state index < -0.39 is 47.0 Å². The fourth-order valence-electron chi connectivity index (χ4n) is 7.61. The van der Waals surface area contributed by atoms with Crippen molar-refractivity contribution in [3.8, 4) is 0 Å². The molecule has 2 heterocycles. The first kappa shape index (κ1) is 39.2. The molecular formula is C38H49F6N5OS. The van der Waals surface area contributed by atoms with Gasteiger partial charge in [0.1, 0.15) is 11.4 Å². The van der Waals surface area contributed by atoms with Crippen molar-refractivity contribution in [2.75, 3.05) is 43.1 Å². The number of rotatable bonds is 13. The van der Waals surface area contributed by atoms with Crippen LogP contribution in [0, 0.1) is 17.8 Å². The second-order valence-corrected chi connectivity index (χ2v) is 15.1. The van der Waals surface area contributed by atoms with Gasteiger partial charge in [0.05, 0.1) is 24.2 Å². The van der Waals surface area contributed by atoms with Crippen molar-refractivity contribution < 1.29 is 31.1 Å². The predicted molar refractivity (Wildman–Crippen MR) is 196 cm³/mol. The van der Waals surface area contributed by atoms with E-state index in [1.54, 1.807) is 24.9 Å². The minimum absolute atomic E-state index is 0.135. The largest absolute Gasteiger partial charge is 0.416 e. The molecule has 5 rings (SSSR count). The Hall–Kier alpha value is -3.06. The smallest absolute Gasteiger partial charge is 0.367 e. The quantitative estimate of drug-likeness (QED) is 0.151. The third kappa shape index (κ3) is 9.30. The molecule has 0 spiro atoms. The highest BCUT2D eigenvalue weighted by atomic mass is 32.2. The summed E-state index contributed by atoms with van der Waals surface area (Å²) in [7, 11) is 0. The van der Waals surface area contributed by atoms with Gasteiger partial charge in [-0.25, -0.2) is 15.0 Å². The molecule has 0 amide bonds. The van der Waals surface area contributed by atoms with Crippen LogP contribution in [0.5, 0.6) is 0 Å². The van der Waals surface area contributed by atoms with Crippen LogP contribution in [-0.2, 0) is 11.3 Å². The molecule has 280 valence electrons. The Morgan fingerprint density at radius 2 is 1.78 bits per heavy atom. The number of halogens is 6. The molecule has 51 heavy (non-hydrogen) atoms. The zero-order valence-corrected chi connectivity index (χ0v) is 30.8. The van der Waals surface area contributed by atoms with E-state index in [1.807, 2.05) is 48.4 Å². The minimum atomic E-state index is -4.95. The van der Waals surface area contributed by atoms with E-state index in [4.69, 9.17) is 19.7 Å². The van der Waals surface area contributed by atoms with Gasteiger partial charge in [-0.3, -0.25) is 0 Å². The Morgan fingerprint density at radius 1 is 1.06 bits per heavy atom. The molecule has 0 saturated heterocycles. The number of aliphatic imine (C=N–C) groups is 2. The van der Waals surface area contributed by atoms with Crippen LogP contribution in [0.3, 0.4) is 0 Å². The molecule has 0 N–H and O–H groups in total. The SMILES string of the molecule is CCC(C1C=C(C(F)(F)F)C=C(C(F)(F)F)C1C)N(Cc1cc2ccccc2nc1N(CC)CC1CCCC1)C1=NCC(C)(OCCSC)C=N1. The second-order valence-electron chi connectivity index (χ2n) is 14.1. The van der Waals surface area contributed by atoms with E-state index in [0.717, 1.165) is 53.5 Å². The summed E-state index contributed by atoms with van der Waals surface area (Å²) in [4.78, 5) is 18.7. The number of ether oxygens (including phenoxy) is 1. The van der Waals surface area contributed by atoms with E-state index in [2.05, 4.69) is 11.8 Å². The zero-order valence-electron chi connectivity index (χ0n) is 30.0. The fraction of sp³-hybridized carbons (Fsp3) is 0.605. The third-order valence-electron chi connectivity index (χ3n) is 10.4. The molecule has 1 aromatic heterocycles. The monoisotopic (exact) mass is 737 g/mol. The van der Waals surface area contributed by atoms with E-state index in [0.29, 0.717) is 19.1 Å². The van der Waals surface area contributed by atoms with Gasteiger partial charge in [0.25, 0.3) is 0 Å². The lowest BCUT2D eigenvalue weighted by Gasteiger charge is -2.42. The van der Waals surface area contributed by atoms with Crippen molar-refractivity contribution in [2.45, 2.75) is 90.3 Å². The number of alkyl halides is 6. The molecule has 3 aliphatic rings. The summed E-state index contributed by atoms with van der Waals surface area (Å²) in [5, 5.41) is 0.887. The van der Waals surface area contributed by atoms with Crippen molar-refractivity contribution in [3.05, 3.63) is 59.2 Å². The number of thioether (sulfide) groups is 1. The fourth-order valence-corrected chi connectivity index (χ4v) is 7.86. The molecular weight excluding hydrogens is 689 g/mol. The summed E-state index contributed by atoms with van der Waals surface area (Å²) in [5.41, 5.74) is -1.65. The van der Waals surface area contributed by atoms with Crippen LogP contribution in [0.1, 0.15) is 65.4 Å². The number of pyridine rings is 1. The van der Waals surface area contributed by atoms with Gasteiger partial charge >= 0.3 is 12.4 Å². The van der Waals surface area contributed by atoms with Crippen LogP contribution >= 0.6 is 11.8 Å². The average Bonchev–Trinajstić information content (AvgIpc) is 3.60. The summed E-state index contributed by atoms with van der Waals surface area (Å²) >= 11 is 1.64. The van der Waals surface area contributed by atoms with Gasteiger partial charge in [0, 0.05) is 60.1 Å². The number of hydrogen-bond donors (Lipinski definition) is 0. The van der Waals surface area contributed by atoms with Crippen LogP contribution in [0.25, 0.3) is 10.9 Å². The van der Waals surface area contributed by atoms with Gasteiger partial charge in [-0.05, 0) is 69.4 Å². The summed E-state index contributed by atoms with van der Waals surface area (Å²) in [6.07, 6.45) is -0.121. The topological polar surface area (TPSA) is 53.3 Å². The van der Waals surface area contributed by atoms with Crippen molar-refractivity contribution in [1.82, 2.24) is 9.88 Å². The Morgan fingerprint density at radius 3 is 2.39 bits per heavy atom. The first-order valence-electron chi connectivity index (χ1n) is 17.9. The van der Waals surface area contributed by atoms with Gasteiger partial charge in [-0.1, -0.05) is 51.0 Å². The van der Waals surface area contributed by atoms with E-state index >= 15 is 0 Å². The molecule has 2 aromatic rings. The van der Waals surface area contributed by atoms with Crippen LogP contribution in [0.2, 0.25) is 0 Å². The Balaban J connectivity index is 1.62. The van der Waals surface area contributed by atoms with E-state index in [-0.39, 0.29) is 31.5 Å². The molecule has 1 saturated carbocycles. The first-order valence-corrected chi connectivity index (χ1v) is 19.3. The van der Waals surface area contributed by atoms with Crippen molar-refractivity contribution in [3.63, 3.8) is 0 Å². The average molecular weight is 738 g/mol. The number of fused-ring (bicyclic) bond motifs is 1. The summed E-state index contributed by atoms with van der Waals surface area (Å²) in [6.45, 7) is 9.42.